The van der Waals surface area contributed by atoms with Crippen molar-refractivity contribution in [1.29, 1.82) is 0 Å². The Hall–Kier alpha value is -2.05. The molecule has 0 amide bonds. The molecule has 168 valence electrons. The van der Waals surface area contributed by atoms with Crippen LogP contribution >= 0.6 is 0 Å². The number of Topliss-reactive ketones (excluding diaryl/α,β-unsaturated/α-hetero) is 1. The van der Waals surface area contributed by atoms with Crippen molar-refractivity contribution < 1.29 is 24.5 Å². The number of rotatable bonds is 7. The number of carbonyl (C=O) groups excluding carboxylic acids is 1. The first-order valence-electron chi connectivity index (χ1n) is 11.5. The van der Waals surface area contributed by atoms with Crippen LogP contribution in [0.3, 0.4) is 0 Å². The van der Waals surface area contributed by atoms with Gasteiger partial charge in [0.1, 0.15) is 11.9 Å². The molecule has 1 spiro atoms. The van der Waals surface area contributed by atoms with Crippen molar-refractivity contribution >= 4 is 5.78 Å². The molecule has 1 saturated heterocycles. The van der Waals surface area contributed by atoms with Crippen molar-refractivity contribution in [3.05, 3.63) is 35.5 Å². The van der Waals surface area contributed by atoms with Crippen molar-refractivity contribution in [3.63, 3.8) is 0 Å². The summed E-state index contributed by atoms with van der Waals surface area (Å²) in [4.78, 5) is 15.0. The minimum Gasteiger partial charge on any atom is -0.504 e. The fourth-order valence-corrected chi connectivity index (χ4v) is 7.12. The van der Waals surface area contributed by atoms with Crippen LogP contribution in [0, 0.1) is 5.92 Å². The molecule has 2 bridgehead atoms. The number of allylic oxidation sites excluding steroid dienone is 1. The Bertz CT molecular complexity index is 929. The van der Waals surface area contributed by atoms with Gasteiger partial charge in [0.05, 0.1) is 17.1 Å². The summed E-state index contributed by atoms with van der Waals surface area (Å²) in [5, 5.41) is 22.9. The number of likely N-dealkylation sites (tertiary alicyclic amines) is 1. The lowest BCUT2D eigenvalue weighted by Crippen LogP contribution is -2.76. The predicted molar refractivity (Wildman–Crippen MR) is 116 cm³/mol. The van der Waals surface area contributed by atoms with Crippen LogP contribution in [0.4, 0.5) is 0 Å². The normalized spacial score (nSPS) is 34.8. The van der Waals surface area contributed by atoms with Crippen LogP contribution in [0.5, 0.6) is 11.5 Å². The van der Waals surface area contributed by atoms with Crippen molar-refractivity contribution in [3.8, 4) is 11.5 Å². The third kappa shape index (κ3) is 2.74. The van der Waals surface area contributed by atoms with Crippen molar-refractivity contribution in [2.24, 2.45) is 5.92 Å². The summed E-state index contributed by atoms with van der Waals surface area (Å²) in [6.45, 7) is 7.56. The number of phenols is 1. The van der Waals surface area contributed by atoms with Gasteiger partial charge in [-0.05, 0) is 50.7 Å². The van der Waals surface area contributed by atoms with Gasteiger partial charge >= 0.3 is 0 Å². The van der Waals surface area contributed by atoms with Gasteiger partial charge in [-0.2, -0.15) is 0 Å². The minimum atomic E-state index is -0.962. The quantitative estimate of drug-likeness (QED) is 0.651. The Morgan fingerprint density at radius 3 is 2.94 bits per heavy atom. The Morgan fingerprint density at radius 2 is 2.19 bits per heavy atom. The average Bonchev–Trinajstić information content (AvgIpc) is 3.07. The van der Waals surface area contributed by atoms with Crippen LogP contribution in [0.25, 0.3) is 0 Å². The van der Waals surface area contributed by atoms with Gasteiger partial charge in [-0.1, -0.05) is 12.6 Å². The maximum absolute atomic E-state index is 12.7. The van der Waals surface area contributed by atoms with Gasteiger partial charge in [0.2, 0.25) is 0 Å². The largest absolute Gasteiger partial charge is 0.504 e. The second kappa shape index (κ2) is 7.24. The number of hydrogen-bond donors (Lipinski definition) is 2. The van der Waals surface area contributed by atoms with Crippen molar-refractivity contribution in [2.75, 3.05) is 20.3 Å². The number of aliphatic hydroxyl groups is 1. The highest BCUT2D eigenvalue weighted by Crippen LogP contribution is 2.66. The first-order valence-corrected chi connectivity index (χ1v) is 11.5. The topological polar surface area (TPSA) is 79.2 Å². The van der Waals surface area contributed by atoms with Crippen LogP contribution in [0.15, 0.2) is 24.4 Å². The third-order valence-corrected chi connectivity index (χ3v) is 8.37. The number of piperidine rings is 1. The molecule has 5 rings (SSSR count). The number of ketones is 1. The Kier molecular flexibility index (Phi) is 4.87. The molecular formula is C25H33NO5. The Labute approximate surface area is 183 Å². The van der Waals surface area contributed by atoms with E-state index in [9.17, 15) is 15.0 Å². The molecule has 0 aromatic heterocycles. The second-order valence-corrected chi connectivity index (χ2v) is 9.92. The highest BCUT2D eigenvalue weighted by Gasteiger charge is 2.72. The van der Waals surface area contributed by atoms with E-state index in [0.29, 0.717) is 38.0 Å². The van der Waals surface area contributed by atoms with E-state index in [2.05, 4.69) is 11.5 Å². The first kappa shape index (κ1) is 20.8. The summed E-state index contributed by atoms with van der Waals surface area (Å²) < 4.78 is 11.6. The SMILES string of the molecule is C=C(C)N1CC[C@]23c4c5ccc(O)c4O[C@@H]2C(CC(=O)CCCOC)CCC3(O)C1C5. The summed E-state index contributed by atoms with van der Waals surface area (Å²) in [6.07, 6.45) is 4.20. The van der Waals surface area contributed by atoms with E-state index in [-0.39, 0.29) is 29.6 Å². The van der Waals surface area contributed by atoms with Crippen molar-refractivity contribution in [1.82, 2.24) is 4.90 Å². The predicted octanol–water partition coefficient (Wildman–Crippen LogP) is 3.08. The summed E-state index contributed by atoms with van der Waals surface area (Å²) in [7, 11) is 1.65. The molecule has 4 aliphatic rings. The molecular weight excluding hydrogens is 394 g/mol. The molecule has 3 unspecified atom stereocenters. The summed E-state index contributed by atoms with van der Waals surface area (Å²) in [5.41, 5.74) is 1.57. The molecule has 1 aromatic rings. The summed E-state index contributed by atoms with van der Waals surface area (Å²) in [5.74, 6) is 0.919. The van der Waals surface area contributed by atoms with Gasteiger partial charge in [0.15, 0.2) is 11.5 Å². The molecule has 2 heterocycles. The monoisotopic (exact) mass is 427 g/mol. The third-order valence-electron chi connectivity index (χ3n) is 8.37. The minimum absolute atomic E-state index is 0.0325. The Balaban J connectivity index is 1.55. The zero-order valence-electron chi connectivity index (χ0n) is 18.5. The summed E-state index contributed by atoms with van der Waals surface area (Å²) in [6, 6.07) is 3.62. The second-order valence-electron chi connectivity index (χ2n) is 9.92. The van der Waals surface area contributed by atoms with Crippen molar-refractivity contribution in [2.45, 2.75) is 75.0 Å². The average molecular weight is 428 g/mol. The lowest BCUT2D eigenvalue weighted by atomic mass is 9.47. The molecule has 2 aliphatic heterocycles. The van der Waals surface area contributed by atoms with E-state index in [4.69, 9.17) is 9.47 Å². The molecule has 31 heavy (non-hydrogen) atoms. The molecule has 6 nitrogen and oxygen atoms in total. The molecule has 2 aliphatic carbocycles. The maximum atomic E-state index is 12.7. The number of ether oxygens (including phenoxy) is 2. The lowest BCUT2D eigenvalue weighted by molar-refractivity contribution is -0.192. The van der Waals surface area contributed by atoms with Crippen LogP contribution < -0.4 is 4.74 Å². The highest BCUT2D eigenvalue weighted by atomic mass is 16.5. The van der Waals surface area contributed by atoms with Gasteiger partial charge in [0, 0.05) is 50.3 Å². The van der Waals surface area contributed by atoms with E-state index in [1.54, 1.807) is 13.2 Å². The van der Waals surface area contributed by atoms with Gasteiger partial charge in [0.25, 0.3) is 0 Å². The molecule has 5 atom stereocenters. The fraction of sp³-hybridized carbons (Fsp3) is 0.640. The zero-order valence-corrected chi connectivity index (χ0v) is 18.5. The summed E-state index contributed by atoms with van der Waals surface area (Å²) >= 11 is 0. The highest BCUT2D eigenvalue weighted by molar-refractivity contribution is 5.79. The number of hydrogen-bond acceptors (Lipinski definition) is 6. The molecule has 1 aromatic carbocycles. The van der Waals surface area contributed by atoms with Crippen LogP contribution in [-0.4, -0.2) is 58.9 Å². The molecule has 1 saturated carbocycles. The number of nitrogens with zero attached hydrogens (tertiary/aromatic N) is 1. The van der Waals surface area contributed by atoms with Crippen LogP contribution in [0.2, 0.25) is 0 Å². The maximum Gasteiger partial charge on any atom is 0.165 e. The number of methoxy groups -OCH3 is 1. The lowest BCUT2D eigenvalue weighted by Gasteiger charge is -2.64. The van der Waals surface area contributed by atoms with Gasteiger partial charge in [-0.15, -0.1) is 0 Å². The van der Waals surface area contributed by atoms with Crippen LogP contribution in [0.1, 0.15) is 56.6 Å². The van der Waals surface area contributed by atoms with Gasteiger partial charge < -0.3 is 24.6 Å². The van der Waals surface area contributed by atoms with E-state index < -0.39 is 11.0 Å². The molecule has 2 N–H and O–H groups in total. The number of aromatic hydroxyl groups is 1. The smallest absolute Gasteiger partial charge is 0.165 e. The number of phenolic OH excluding ortho intramolecular Hbond substituents is 1. The van der Waals surface area contributed by atoms with E-state index in [1.165, 1.54) is 0 Å². The zero-order chi connectivity index (χ0) is 22.0. The fourth-order valence-electron chi connectivity index (χ4n) is 7.12. The molecule has 0 radical (unpaired) electrons. The number of benzene rings is 1. The standard InChI is InChI=1S/C25H33NO5/c1-15(2)26-11-10-24-21-16-6-7-19(28)22(21)31-23(24)17(13-18(27)5-4-12-30-3)8-9-25(24,29)20(26)14-16/h6-7,17,20,23,28-29H,1,4-5,8-14H2,2-3H3/t17?,20?,23-,24+,25?/m1/s1. The number of carbonyl (C=O) groups is 1. The van der Waals surface area contributed by atoms with E-state index in [1.807, 2.05) is 13.0 Å². The van der Waals surface area contributed by atoms with Crippen LogP contribution in [-0.2, 0) is 21.4 Å². The van der Waals surface area contributed by atoms with Gasteiger partial charge in [-0.3, -0.25) is 4.79 Å². The Morgan fingerprint density at radius 1 is 1.39 bits per heavy atom. The molecule has 6 heteroatoms. The van der Waals surface area contributed by atoms with Gasteiger partial charge in [-0.25, -0.2) is 0 Å². The first-order chi connectivity index (χ1) is 14.8. The van der Waals surface area contributed by atoms with E-state index >= 15 is 0 Å². The van der Waals surface area contributed by atoms with E-state index in [0.717, 1.165) is 42.6 Å². The molecule has 2 fully saturated rings.